The zero-order valence-electron chi connectivity index (χ0n) is 11.1. The van der Waals surface area contributed by atoms with Crippen LogP contribution in [-0.4, -0.2) is 44.3 Å². The molecule has 0 spiro atoms. The molecule has 1 saturated heterocycles. The van der Waals surface area contributed by atoms with Crippen LogP contribution in [0.5, 0.6) is 0 Å². The average Bonchev–Trinajstić information content (AvgIpc) is 2.76. The summed E-state index contributed by atoms with van der Waals surface area (Å²) in [4.78, 5) is 23.5. The Bertz CT molecular complexity index is 643. The molecule has 114 valence electrons. The highest BCUT2D eigenvalue weighted by molar-refractivity contribution is 9.10. The number of nitrogens with one attached hydrogen (secondary N) is 2. The highest BCUT2D eigenvalue weighted by Crippen LogP contribution is 2.11. The van der Waals surface area contributed by atoms with Gasteiger partial charge in [0.25, 0.3) is 5.91 Å². The van der Waals surface area contributed by atoms with Crippen LogP contribution in [0.25, 0.3) is 0 Å². The fourth-order valence-corrected chi connectivity index (χ4v) is 3.99. The first-order valence-corrected chi connectivity index (χ1v) is 9.01. The lowest BCUT2D eigenvalue weighted by Crippen LogP contribution is -2.42. The Balaban J connectivity index is 1.79. The second-order valence-corrected chi connectivity index (χ2v) is 8.00. The van der Waals surface area contributed by atoms with E-state index >= 15 is 0 Å². The van der Waals surface area contributed by atoms with Crippen LogP contribution in [0.3, 0.4) is 0 Å². The van der Waals surface area contributed by atoms with Crippen molar-refractivity contribution in [3.63, 3.8) is 0 Å². The van der Waals surface area contributed by atoms with Gasteiger partial charge in [0.2, 0.25) is 5.91 Å². The van der Waals surface area contributed by atoms with Gasteiger partial charge in [0.1, 0.15) is 0 Å². The minimum Gasteiger partial charge on any atom is -0.351 e. The standard InChI is InChI=1S/C13H15BrN2O4S/c14-10-3-1-9(2-4-10)13(18)15-7-12(17)16-11-5-6-21(19,20)8-11/h1-4,11H,5-8H2,(H,15,18)(H,16,17). The average molecular weight is 375 g/mol. The Morgan fingerprint density at radius 1 is 1.24 bits per heavy atom. The molecule has 1 aliphatic heterocycles. The van der Waals surface area contributed by atoms with Gasteiger partial charge in [-0.1, -0.05) is 15.9 Å². The van der Waals surface area contributed by atoms with E-state index < -0.39 is 9.84 Å². The molecule has 1 fully saturated rings. The van der Waals surface area contributed by atoms with E-state index in [9.17, 15) is 18.0 Å². The van der Waals surface area contributed by atoms with Crippen LogP contribution in [0, 0.1) is 0 Å². The Morgan fingerprint density at radius 3 is 2.48 bits per heavy atom. The molecule has 0 radical (unpaired) electrons. The molecule has 1 aromatic carbocycles. The van der Waals surface area contributed by atoms with Crippen LogP contribution in [0.1, 0.15) is 16.8 Å². The van der Waals surface area contributed by atoms with E-state index in [0.717, 1.165) is 4.47 Å². The Labute approximate surface area is 131 Å². The van der Waals surface area contributed by atoms with Crippen molar-refractivity contribution < 1.29 is 18.0 Å². The second-order valence-electron chi connectivity index (χ2n) is 4.86. The van der Waals surface area contributed by atoms with Gasteiger partial charge in [-0.3, -0.25) is 9.59 Å². The molecule has 1 heterocycles. The monoisotopic (exact) mass is 374 g/mol. The smallest absolute Gasteiger partial charge is 0.251 e. The van der Waals surface area contributed by atoms with E-state index in [1.165, 1.54) is 0 Å². The summed E-state index contributed by atoms with van der Waals surface area (Å²) in [5.41, 5.74) is 0.453. The van der Waals surface area contributed by atoms with E-state index in [1.54, 1.807) is 24.3 Å². The summed E-state index contributed by atoms with van der Waals surface area (Å²) in [6, 6.07) is 6.39. The Hall–Kier alpha value is -1.41. The molecule has 0 aliphatic carbocycles. The van der Waals surface area contributed by atoms with Crippen LogP contribution in [0.15, 0.2) is 28.7 Å². The van der Waals surface area contributed by atoms with E-state index in [2.05, 4.69) is 26.6 Å². The van der Waals surface area contributed by atoms with E-state index in [-0.39, 0.29) is 35.9 Å². The molecule has 6 nitrogen and oxygen atoms in total. The summed E-state index contributed by atoms with van der Waals surface area (Å²) in [7, 11) is -3.03. The molecular weight excluding hydrogens is 360 g/mol. The van der Waals surface area contributed by atoms with Gasteiger partial charge in [0, 0.05) is 16.1 Å². The molecule has 1 aliphatic rings. The first-order valence-electron chi connectivity index (χ1n) is 6.39. The molecule has 21 heavy (non-hydrogen) atoms. The zero-order chi connectivity index (χ0) is 15.5. The number of hydrogen-bond acceptors (Lipinski definition) is 4. The van der Waals surface area contributed by atoms with Crippen molar-refractivity contribution in [2.24, 2.45) is 0 Å². The minimum atomic E-state index is -3.03. The lowest BCUT2D eigenvalue weighted by molar-refractivity contribution is -0.120. The maximum absolute atomic E-state index is 11.8. The van der Waals surface area contributed by atoms with Crippen LogP contribution < -0.4 is 10.6 Å². The molecule has 1 unspecified atom stereocenters. The van der Waals surface area contributed by atoms with Crippen molar-refractivity contribution in [1.29, 1.82) is 0 Å². The first kappa shape index (κ1) is 16.0. The summed E-state index contributed by atoms with van der Waals surface area (Å²) in [5.74, 6) is -0.665. The van der Waals surface area contributed by atoms with Gasteiger partial charge in [-0.15, -0.1) is 0 Å². The number of carbonyl (C=O) groups excluding carboxylic acids is 2. The predicted molar refractivity (Wildman–Crippen MR) is 81.7 cm³/mol. The predicted octanol–water partition coefficient (Wildman–Crippen LogP) is 0.482. The van der Waals surface area contributed by atoms with Crippen molar-refractivity contribution in [3.8, 4) is 0 Å². The highest BCUT2D eigenvalue weighted by atomic mass is 79.9. The molecule has 2 rings (SSSR count). The lowest BCUT2D eigenvalue weighted by Gasteiger charge is -2.11. The summed E-state index contributed by atoms with van der Waals surface area (Å²) in [6.45, 7) is -0.175. The molecule has 0 bridgehead atoms. The van der Waals surface area contributed by atoms with E-state index in [4.69, 9.17) is 0 Å². The van der Waals surface area contributed by atoms with Gasteiger partial charge < -0.3 is 10.6 Å². The summed E-state index contributed by atoms with van der Waals surface area (Å²) >= 11 is 3.27. The second kappa shape index (κ2) is 6.57. The molecular formula is C13H15BrN2O4S. The van der Waals surface area contributed by atoms with Gasteiger partial charge in [0.15, 0.2) is 9.84 Å². The minimum absolute atomic E-state index is 0.0284. The SMILES string of the molecule is O=C(CNC(=O)c1ccc(Br)cc1)NC1CCS(=O)(=O)C1. The highest BCUT2D eigenvalue weighted by Gasteiger charge is 2.28. The van der Waals surface area contributed by atoms with Crippen molar-refractivity contribution in [3.05, 3.63) is 34.3 Å². The molecule has 2 N–H and O–H groups in total. The molecule has 0 saturated carbocycles. The van der Waals surface area contributed by atoms with Gasteiger partial charge >= 0.3 is 0 Å². The fourth-order valence-electron chi connectivity index (χ4n) is 2.05. The lowest BCUT2D eigenvalue weighted by atomic mass is 10.2. The Morgan fingerprint density at radius 2 is 1.90 bits per heavy atom. The molecule has 2 amide bonds. The largest absolute Gasteiger partial charge is 0.351 e. The van der Waals surface area contributed by atoms with Crippen molar-refractivity contribution in [1.82, 2.24) is 10.6 Å². The third-order valence-corrected chi connectivity index (χ3v) is 5.41. The summed E-state index contributed by atoms with van der Waals surface area (Å²) in [6.07, 6.45) is 0.425. The van der Waals surface area contributed by atoms with Crippen molar-refractivity contribution >= 4 is 37.6 Å². The molecule has 1 atom stereocenters. The van der Waals surface area contributed by atoms with Crippen LogP contribution >= 0.6 is 15.9 Å². The maximum atomic E-state index is 11.8. The topological polar surface area (TPSA) is 92.3 Å². The number of halogens is 1. The molecule has 0 aromatic heterocycles. The maximum Gasteiger partial charge on any atom is 0.251 e. The van der Waals surface area contributed by atoms with Crippen LogP contribution in [0.4, 0.5) is 0 Å². The number of amides is 2. The summed E-state index contributed by atoms with van der Waals surface area (Å²) < 4.78 is 23.4. The van der Waals surface area contributed by atoms with Crippen LogP contribution in [0.2, 0.25) is 0 Å². The molecule has 1 aromatic rings. The van der Waals surface area contributed by atoms with Crippen molar-refractivity contribution in [2.45, 2.75) is 12.5 Å². The third-order valence-electron chi connectivity index (χ3n) is 3.11. The first-order chi connectivity index (χ1) is 9.85. The molecule has 8 heteroatoms. The van der Waals surface area contributed by atoms with Crippen LogP contribution in [-0.2, 0) is 14.6 Å². The Kier molecular flexibility index (Phi) is 5.00. The van der Waals surface area contributed by atoms with Gasteiger partial charge in [-0.2, -0.15) is 0 Å². The zero-order valence-corrected chi connectivity index (χ0v) is 13.5. The van der Waals surface area contributed by atoms with Gasteiger partial charge in [-0.05, 0) is 30.7 Å². The number of benzene rings is 1. The number of hydrogen-bond donors (Lipinski definition) is 2. The fraction of sp³-hybridized carbons (Fsp3) is 0.385. The number of carbonyl (C=O) groups is 2. The quantitative estimate of drug-likeness (QED) is 0.801. The van der Waals surface area contributed by atoms with Crippen molar-refractivity contribution in [2.75, 3.05) is 18.1 Å². The van der Waals surface area contributed by atoms with Gasteiger partial charge in [0.05, 0.1) is 18.1 Å². The van der Waals surface area contributed by atoms with E-state index in [1.807, 2.05) is 0 Å². The van der Waals surface area contributed by atoms with Gasteiger partial charge in [-0.25, -0.2) is 8.42 Å². The third kappa shape index (κ3) is 4.82. The summed E-state index contributed by atoms with van der Waals surface area (Å²) in [5, 5.41) is 5.11. The number of rotatable bonds is 4. The number of sulfone groups is 1. The van der Waals surface area contributed by atoms with E-state index in [0.29, 0.717) is 12.0 Å². The normalized spacial score (nSPS) is 20.0.